The van der Waals surface area contributed by atoms with Gasteiger partial charge in [-0.1, -0.05) is 31.0 Å². The number of hydrogen-bond acceptors (Lipinski definition) is 2. The van der Waals surface area contributed by atoms with E-state index in [1.54, 1.807) is 0 Å². The van der Waals surface area contributed by atoms with Crippen LogP contribution in [-0.2, 0) is 0 Å². The lowest BCUT2D eigenvalue weighted by Crippen LogP contribution is -2.32. The molecule has 0 spiro atoms. The predicted octanol–water partition coefficient (Wildman–Crippen LogP) is 2.45. The van der Waals surface area contributed by atoms with Gasteiger partial charge in [0, 0.05) is 6.04 Å². The molecule has 1 aromatic carbocycles. The number of likely N-dealkylation sites (N-methyl/N-ethyl adjacent to an activating group) is 1. The van der Waals surface area contributed by atoms with E-state index in [0.29, 0.717) is 6.04 Å². The molecule has 1 N–H and O–H groups in total. The van der Waals surface area contributed by atoms with Crippen LogP contribution in [0.15, 0.2) is 30.3 Å². The van der Waals surface area contributed by atoms with Crippen molar-refractivity contribution < 1.29 is 4.74 Å². The molecule has 15 heavy (non-hydrogen) atoms. The minimum absolute atomic E-state index is 0.498. The maximum absolute atomic E-state index is 5.73. The van der Waals surface area contributed by atoms with E-state index in [9.17, 15) is 0 Å². The molecule has 1 aliphatic rings. The van der Waals surface area contributed by atoms with Crippen LogP contribution in [0.5, 0.6) is 5.75 Å². The van der Waals surface area contributed by atoms with Crippen LogP contribution in [0, 0.1) is 5.92 Å². The third kappa shape index (κ3) is 3.56. The lowest BCUT2D eigenvalue weighted by molar-refractivity contribution is 0.259. The van der Waals surface area contributed by atoms with Gasteiger partial charge in [-0.15, -0.1) is 0 Å². The molecule has 2 heteroatoms. The van der Waals surface area contributed by atoms with Crippen LogP contribution < -0.4 is 10.1 Å². The molecule has 1 saturated carbocycles. The first-order valence-corrected chi connectivity index (χ1v) is 5.73. The summed E-state index contributed by atoms with van der Waals surface area (Å²) < 4.78 is 5.73. The van der Waals surface area contributed by atoms with E-state index >= 15 is 0 Å². The zero-order valence-corrected chi connectivity index (χ0v) is 9.28. The summed E-state index contributed by atoms with van der Waals surface area (Å²) in [6, 6.07) is 10.5. The van der Waals surface area contributed by atoms with Gasteiger partial charge in [0.25, 0.3) is 0 Å². The third-order valence-corrected chi connectivity index (χ3v) is 2.92. The van der Waals surface area contributed by atoms with Gasteiger partial charge in [0.15, 0.2) is 0 Å². The fourth-order valence-electron chi connectivity index (χ4n) is 1.74. The number of nitrogens with one attached hydrogen (secondary N) is 1. The molecule has 0 heterocycles. The van der Waals surface area contributed by atoms with E-state index in [0.717, 1.165) is 18.3 Å². The van der Waals surface area contributed by atoms with Crippen LogP contribution >= 0.6 is 0 Å². The summed E-state index contributed by atoms with van der Waals surface area (Å²) in [4.78, 5) is 0. The largest absolute Gasteiger partial charge is 0.492 e. The van der Waals surface area contributed by atoms with Crippen LogP contribution in [0.1, 0.15) is 19.3 Å². The van der Waals surface area contributed by atoms with Gasteiger partial charge in [-0.2, -0.15) is 0 Å². The Balaban J connectivity index is 1.75. The van der Waals surface area contributed by atoms with Crippen molar-refractivity contribution >= 4 is 0 Å². The number of hydrogen-bond donors (Lipinski definition) is 1. The summed E-state index contributed by atoms with van der Waals surface area (Å²) >= 11 is 0. The minimum atomic E-state index is 0.498. The number of rotatable bonds is 6. The molecule has 1 atom stereocenters. The Labute approximate surface area is 91.6 Å². The summed E-state index contributed by atoms with van der Waals surface area (Å²) in [5.74, 6) is 1.91. The Bertz CT molecular complexity index is 282. The Hall–Kier alpha value is -1.02. The minimum Gasteiger partial charge on any atom is -0.492 e. The molecule has 0 saturated heterocycles. The van der Waals surface area contributed by atoms with Crippen molar-refractivity contribution in [1.29, 1.82) is 0 Å². The van der Waals surface area contributed by atoms with Crippen molar-refractivity contribution in [2.24, 2.45) is 5.92 Å². The highest BCUT2D eigenvalue weighted by Crippen LogP contribution is 2.33. The fraction of sp³-hybridized carbons (Fsp3) is 0.538. The first-order chi connectivity index (χ1) is 7.38. The molecule has 1 aliphatic carbocycles. The van der Waals surface area contributed by atoms with Crippen LogP contribution in [0.2, 0.25) is 0 Å². The first-order valence-electron chi connectivity index (χ1n) is 5.73. The molecule has 0 radical (unpaired) electrons. The summed E-state index contributed by atoms with van der Waals surface area (Å²) in [6.07, 6.45) is 4.07. The monoisotopic (exact) mass is 205 g/mol. The molecule has 82 valence electrons. The molecule has 2 rings (SSSR count). The van der Waals surface area contributed by atoms with Crippen molar-refractivity contribution in [3.63, 3.8) is 0 Å². The topological polar surface area (TPSA) is 21.3 Å². The van der Waals surface area contributed by atoms with Gasteiger partial charge in [0.2, 0.25) is 0 Å². The van der Waals surface area contributed by atoms with E-state index in [1.165, 1.54) is 19.3 Å². The average Bonchev–Trinajstić information content (AvgIpc) is 3.09. The molecular weight excluding hydrogens is 186 g/mol. The maximum atomic E-state index is 5.73. The highest BCUT2D eigenvalue weighted by atomic mass is 16.5. The molecule has 1 fully saturated rings. The Morgan fingerprint density at radius 1 is 1.33 bits per heavy atom. The number of benzene rings is 1. The zero-order valence-electron chi connectivity index (χ0n) is 9.28. The van der Waals surface area contributed by atoms with Gasteiger partial charge < -0.3 is 10.1 Å². The highest BCUT2D eigenvalue weighted by Gasteiger charge is 2.24. The van der Waals surface area contributed by atoms with E-state index in [2.05, 4.69) is 5.32 Å². The Morgan fingerprint density at radius 3 is 2.67 bits per heavy atom. The van der Waals surface area contributed by atoms with Crippen molar-refractivity contribution in [1.82, 2.24) is 5.32 Å². The molecule has 0 bridgehead atoms. The normalized spacial score (nSPS) is 17.4. The quantitative estimate of drug-likeness (QED) is 0.770. The molecule has 1 unspecified atom stereocenters. The van der Waals surface area contributed by atoms with Crippen LogP contribution in [0.3, 0.4) is 0 Å². The average molecular weight is 205 g/mol. The second-order valence-corrected chi connectivity index (χ2v) is 4.29. The van der Waals surface area contributed by atoms with Gasteiger partial charge in [-0.05, 0) is 31.5 Å². The van der Waals surface area contributed by atoms with Crippen LogP contribution in [-0.4, -0.2) is 19.7 Å². The van der Waals surface area contributed by atoms with Gasteiger partial charge in [-0.3, -0.25) is 0 Å². The summed E-state index contributed by atoms with van der Waals surface area (Å²) in [7, 11) is 2.02. The van der Waals surface area contributed by atoms with Crippen molar-refractivity contribution in [3.8, 4) is 5.75 Å². The van der Waals surface area contributed by atoms with Gasteiger partial charge in [0.1, 0.15) is 12.4 Å². The van der Waals surface area contributed by atoms with E-state index in [-0.39, 0.29) is 0 Å². The van der Waals surface area contributed by atoms with Crippen molar-refractivity contribution in [3.05, 3.63) is 30.3 Å². The van der Waals surface area contributed by atoms with Gasteiger partial charge >= 0.3 is 0 Å². The SMILES string of the molecule is CNC(COc1ccccc1)CC1CC1. The summed E-state index contributed by atoms with van der Waals surface area (Å²) in [5.41, 5.74) is 0. The van der Waals surface area contributed by atoms with Crippen molar-refractivity contribution in [2.45, 2.75) is 25.3 Å². The van der Waals surface area contributed by atoms with Gasteiger partial charge in [-0.25, -0.2) is 0 Å². The molecule has 2 nitrogen and oxygen atoms in total. The Kier molecular flexibility index (Phi) is 3.62. The third-order valence-electron chi connectivity index (χ3n) is 2.92. The predicted molar refractivity (Wildman–Crippen MR) is 62.1 cm³/mol. The zero-order chi connectivity index (χ0) is 10.5. The highest BCUT2D eigenvalue weighted by molar-refractivity contribution is 5.20. The molecular formula is C13H19NO. The lowest BCUT2D eigenvalue weighted by Gasteiger charge is -2.16. The summed E-state index contributed by atoms with van der Waals surface area (Å²) in [5, 5.41) is 3.32. The lowest BCUT2D eigenvalue weighted by atomic mass is 10.1. The standard InChI is InChI=1S/C13H19NO/c1-14-12(9-11-7-8-11)10-15-13-5-3-2-4-6-13/h2-6,11-12,14H,7-10H2,1H3. The van der Waals surface area contributed by atoms with Crippen molar-refractivity contribution in [2.75, 3.05) is 13.7 Å². The van der Waals surface area contributed by atoms with Crippen LogP contribution in [0.4, 0.5) is 0 Å². The molecule has 0 aromatic heterocycles. The Morgan fingerprint density at radius 2 is 2.07 bits per heavy atom. The molecule has 0 aliphatic heterocycles. The first kappa shape index (κ1) is 10.5. The van der Waals surface area contributed by atoms with Gasteiger partial charge in [0.05, 0.1) is 0 Å². The van der Waals surface area contributed by atoms with E-state index in [1.807, 2.05) is 37.4 Å². The fourth-order valence-corrected chi connectivity index (χ4v) is 1.74. The number of para-hydroxylation sites is 1. The number of ether oxygens (including phenoxy) is 1. The second-order valence-electron chi connectivity index (χ2n) is 4.29. The van der Waals surface area contributed by atoms with E-state index in [4.69, 9.17) is 4.74 Å². The summed E-state index contributed by atoms with van der Waals surface area (Å²) in [6.45, 7) is 0.775. The molecule has 1 aromatic rings. The smallest absolute Gasteiger partial charge is 0.119 e. The maximum Gasteiger partial charge on any atom is 0.119 e. The molecule has 0 amide bonds. The second kappa shape index (κ2) is 5.17. The van der Waals surface area contributed by atoms with Crippen LogP contribution in [0.25, 0.3) is 0 Å². The van der Waals surface area contributed by atoms with E-state index < -0.39 is 0 Å².